The zero-order chi connectivity index (χ0) is 24.6. The van der Waals surface area contributed by atoms with Crippen LogP contribution in [0, 0.1) is 18.3 Å². The Morgan fingerprint density at radius 1 is 0.969 bits per heavy atom. The molecule has 7 nitrogen and oxygen atoms in total. The first kappa shape index (κ1) is 33.8. The Bertz CT molecular complexity index is 709. The second-order valence-electron chi connectivity index (χ2n) is 6.69. The molecular formula is C25H43N3O4. The molecule has 4 N–H and O–H groups in total. The Labute approximate surface area is 194 Å². The van der Waals surface area contributed by atoms with E-state index in [0.717, 1.165) is 0 Å². The molecule has 3 amide bonds. The van der Waals surface area contributed by atoms with Crippen molar-refractivity contribution >= 4 is 23.4 Å². The average molecular weight is 450 g/mol. The molecule has 1 unspecified atom stereocenters. The van der Waals surface area contributed by atoms with E-state index < -0.39 is 30.0 Å². The summed E-state index contributed by atoms with van der Waals surface area (Å²) in [5.74, 6) is 1.14. The first-order valence-corrected chi connectivity index (χ1v) is 10.8. The van der Waals surface area contributed by atoms with Crippen LogP contribution in [0.4, 0.5) is 5.69 Å². The first-order valence-electron chi connectivity index (χ1n) is 10.8. The molecule has 0 fully saturated rings. The first-order chi connectivity index (χ1) is 14.6. The minimum atomic E-state index is -0.792. The number of terminal acetylenes is 1. The van der Waals surface area contributed by atoms with Crippen LogP contribution in [0.1, 0.15) is 80.9 Å². The van der Waals surface area contributed by atoms with Gasteiger partial charge in [-0.05, 0) is 30.5 Å². The van der Waals surface area contributed by atoms with Crippen molar-refractivity contribution in [2.75, 3.05) is 5.32 Å². The fourth-order valence-corrected chi connectivity index (χ4v) is 2.39. The summed E-state index contributed by atoms with van der Waals surface area (Å²) in [6.45, 7) is 14.5. The molecule has 32 heavy (non-hydrogen) atoms. The van der Waals surface area contributed by atoms with E-state index in [2.05, 4.69) is 21.9 Å². The molecule has 0 aliphatic heterocycles. The van der Waals surface area contributed by atoms with Crippen LogP contribution < -0.4 is 16.0 Å². The van der Waals surface area contributed by atoms with Crippen LogP contribution >= 0.6 is 0 Å². The van der Waals surface area contributed by atoms with Crippen molar-refractivity contribution in [2.24, 2.45) is 5.92 Å². The van der Waals surface area contributed by atoms with Crippen molar-refractivity contribution in [3.8, 4) is 12.3 Å². The minimum absolute atomic E-state index is 0. The van der Waals surface area contributed by atoms with Crippen LogP contribution in [-0.4, -0.2) is 34.9 Å². The quantitative estimate of drug-likeness (QED) is 0.449. The Morgan fingerprint density at radius 2 is 1.47 bits per heavy atom. The summed E-state index contributed by atoms with van der Waals surface area (Å²) in [5, 5.41) is 17.7. The molecule has 0 aliphatic carbocycles. The van der Waals surface area contributed by atoms with Crippen molar-refractivity contribution in [3.63, 3.8) is 0 Å². The lowest BCUT2D eigenvalue weighted by Crippen LogP contribution is -2.53. The molecule has 0 spiro atoms. The number of amides is 3. The molecule has 7 heteroatoms. The number of benzene rings is 1. The molecule has 0 aromatic heterocycles. The lowest BCUT2D eigenvalue weighted by atomic mass is 10.0. The molecule has 0 saturated heterocycles. The molecule has 0 radical (unpaired) electrons. The van der Waals surface area contributed by atoms with Gasteiger partial charge in [-0.1, -0.05) is 61.1 Å². The summed E-state index contributed by atoms with van der Waals surface area (Å²) < 4.78 is 0. The highest BCUT2D eigenvalue weighted by Gasteiger charge is 2.26. The number of carbonyl (C=O) groups is 3. The number of hydrogen-bond donors (Lipinski definition) is 4. The second-order valence-corrected chi connectivity index (χ2v) is 6.69. The van der Waals surface area contributed by atoms with E-state index >= 15 is 0 Å². The number of aliphatic hydroxyl groups excluding tert-OH is 1. The van der Waals surface area contributed by atoms with Gasteiger partial charge in [0.1, 0.15) is 12.1 Å². The van der Waals surface area contributed by atoms with Gasteiger partial charge < -0.3 is 21.1 Å². The highest BCUT2D eigenvalue weighted by molar-refractivity contribution is 5.98. The number of hydrogen-bond acceptors (Lipinski definition) is 4. The Kier molecular flexibility index (Phi) is 19.9. The smallest absolute Gasteiger partial charge is 0.246 e. The number of anilines is 1. The van der Waals surface area contributed by atoms with Crippen molar-refractivity contribution in [2.45, 2.75) is 87.4 Å². The van der Waals surface area contributed by atoms with E-state index in [1.165, 1.54) is 6.92 Å². The zero-order valence-electron chi connectivity index (χ0n) is 20.1. The molecule has 0 aliphatic rings. The van der Waals surface area contributed by atoms with Gasteiger partial charge in [0.15, 0.2) is 0 Å². The molecule has 182 valence electrons. The van der Waals surface area contributed by atoms with Crippen LogP contribution in [0.15, 0.2) is 24.3 Å². The van der Waals surface area contributed by atoms with Gasteiger partial charge in [0, 0.05) is 19.0 Å². The van der Waals surface area contributed by atoms with Gasteiger partial charge >= 0.3 is 0 Å². The molecular weight excluding hydrogens is 406 g/mol. The lowest BCUT2D eigenvalue weighted by Gasteiger charge is -2.23. The molecule has 0 saturated carbocycles. The summed E-state index contributed by atoms with van der Waals surface area (Å²) in [6, 6.07) is 5.14. The monoisotopic (exact) mass is 449 g/mol. The zero-order valence-corrected chi connectivity index (χ0v) is 20.1. The second kappa shape index (κ2) is 18.9. The Hall–Kier alpha value is -2.85. The van der Waals surface area contributed by atoms with Gasteiger partial charge in [0.2, 0.25) is 17.7 Å². The molecule has 0 heterocycles. The summed E-state index contributed by atoms with van der Waals surface area (Å²) in [6.07, 6.45) is 4.64. The molecule has 1 aromatic carbocycles. The summed E-state index contributed by atoms with van der Waals surface area (Å²) in [5.41, 5.74) is 1.18. The maximum atomic E-state index is 12.3. The number of nitrogens with one attached hydrogen (secondary N) is 3. The maximum absolute atomic E-state index is 12.3. The third-order valence-corrected chi connectivity index (χ3v) is 3.93. The summed E-state index contributed by atoms with van der Waals surface area (Å²) in [7, 11) is 0. The third-order valence-electron chi connectivity index (χ3n) is 3.93. The molecule has 3 atom stereocenters. The average Bonchev–Trinajstić information content (AvgIpc) is 2.75. The van der Waals surface area contributed by atoms with Crippen molar-refractivity contribution < 1.29 is 19.5 Å². The van der Waals surface area contributed by atoms with Crippen LogP contribution in [0.3, 0.4) is 0 Å². The largest absolute Gasteiger partial charge is 0.387 e. The Morgan fingerprint density at radius 3 is 1.88 bits per heavy atom. The van der Waals surface area contributed by atoms with Crippen LogP contribution in [0.5, 0.6) is 0 Å². The number of aliphatic hydroxyl groups is 1. The Balaban J connectivity index is -0.00000159. The van der Waals surface area contributed by atoms with E-state index in [4.69, 9.17) is 6.42 Å². The van der Waals surface area contributed by atoms with Crippen molar-refractivity contribution in [3.05, 3.63) is 29.8 Å². The van der Waals surface area contributed by atoms with Crippen molar-refractivity contribution in [1.82, 2.24) is 10.6 Å². The van der Waals surface area contributed by atoms with E-state index in [9.17, 15) is 19.5 Å². The standard InChI is InChI=1S/C20H27N3O4.2C2H6.CH4/c1-6-7-17(25)15-8-10-16(11-9-15)23-19(26)13(4)21-20(27)18(12(2)3)22-14(5)24;2*1-2;/h1,8-13,17-18,25H,7H2,2-5H3,(H,21,27)(H,22,24)(H,23,26);2*1-2H3;1H4/t13-,17?,18-;;;/m0.../s1. The topological polar surface area (TPSA) is 108 Å². The fraction of sp³-hybridized carbons (Fsp3) is 0.560. The summed E-state index contributed by atoms with van der Waals surface area (Å²) in [4.78, 5) is 35.9. The minimum Gasteiger partial charge on any atom is -0.387 e. The van der Waals surface area contributed by atoms with Gasteiger partial charge in [0.25, 0.3) is 0 Å². The van der Waals surface area contributed by atoms with E-state index in [0.29, 0.717) is 11.3 Å². The number of carbonyl (C=O) groups excluding carboxylic acids is 3. The number of rotatable bonds is 8. The van der Waals surface area contributed by atoms with E-state index in [-0.39, 0.29) is 25.7 Å². The third kappa shape index (κ3) is 12.8. The SMILES string of the molecule is C.C#CCC(O)c1ccc(NC(=O)[C@H](C)NC(=O)[C@@H](NC(C)=O)C(C)C)cc1.CC.CC. The van der Waals surface area contributed by atoms with Gasteiger partial charge in [0.05, 0.1) is 6.10 Å². The predicted molar refractivity (Wildman–Crippen MR) is 133 cm³/mol. The van der Waals surface area contributed by atoms with Gasteiger partial charge in [-0.3, -0.25) is 14.4 Å². The molecule has 1 aromatic rings. The van der Waals surface area contributed by atoms with Crippen molar-refractivity contribution in [1.29, 1.82) is 0 Å². The maximum Gasteiger partial charge on any atom is 0.246 e. The van der Waals surface area contributed by atoms with Crippen LogP contribution in [-0.2, 0) is 14.4 Å². The van der Waals surface area contributed by atoms with Gasteiger partial charge in [-0.15, -0.1) is 12.3 Å². The highest BCUT2D eigenvalue weighted by Crippen LogP contribution is 2.18. The predicted octanol–water partition coefficient (Wildman–Crippen LogP) is 4.04. The van der Waals surface area contributed by atoms with Gasteiger partial charge in [-0.2, -0.15) is 0 Å². The fourth-order valence-electron chi connectivity index (χ4n) is 2.39. The highest BCUT2D eigenvalue weighted by atomic mass is 16.3. The summed E-state index contributed by atoms with van der Waals surface area (Å²) >= 11 is 0. The molecule has 0 bridgehead atoms. The van der Waals surface area contributed by atoms with Crippen LogP contribution in [0.25, 0.3) is 0 Å². The lowest BCUT2D eigenvalue weighted by molar-refractivity contribution is -0.131. The van der Waals surface area contributed by atoms with E-state index in [1.807, 2.05) is 27.7 Å². The van der Waals surface area contributed by atoms with Gasteiger partial charge in [-0.25, -0.2) is 0 Å². The van der Waals surface area contributed by atoms with E-state index in [1.54, 1.807) is 45.0 Å². The molecule has 1 rings (SSSR count). The normalized spacial score (nSPS) is 12.0. The van der Waals surface area contributed by atoms with Crippen LogP contribution in [0.2, 0.25) is 0 Å².